The molecule has 1 saturated carbocycles. The third-order valence-corrected chi connectivity index (χ3v) is 2.56. The van der Waals surface area contributed by atoms with E-state index >= 15 is 0 Å². The van der Waals surface area contributed by atoms with Gasteiger partial charge in [-0.05, 0) is 19.4 Å². The van der Waals surface area contributed by atoms with E-state index in [2.05, 4.69) is 17.1 Å². The summed E-state index contributed by atoms with van der Waals surface area (Å²) in [5, 5.41) is 2.87. The second-order valence-corrected chi connectivity index (χ2v) is 3.75. The SMILES string of the molecule is CCN(CCNC(=O)CCN)C1CC1. The number of carbonyl (C=O) groups is 1. The molecule has 1 fully saturated rings. The van der Waals surface area contributed by atoms with Crippen molar-refractivity contribution in [2.45, 2.75) is 32.2 Å². The summed E-state index contributed by atoms with van der Waals surface area (Å²) < 4.78 is 0. The first-order valence-corrected chi connectivity index (χ1v) is 5.48. The highest BCUT2D eigenvalue weighted by molar-refractivity contribution is 5.75. The molecule has 4 heteroatoms. The Morgan fingerprint density at radius 2 is 2.29 bits per heavy atom. The van der Waals surface area contributed by atoms with E-state index in [1.54, 1.807) is 0 Å². The lowest BCUT2D eigenvalue weighted by Crippen LogP contribution is -2.36. The zero-order valence-electron chi connectivity index (χ0n) is 8.96. The Labute approximate surface area is 85.8 Å². The van der Waals surface area contributed by atoms with Crippen LogP contribution in [0.15, 0.2) is 0 Å². The third-order valence-electron chi connectivity index (χ3n) is 2.56. The van der Waals surface area contributed by atoms with Crippen molar-refractivity contribution in [3.8, 4) is 0 Å². The number of rotatable bonds is 7. The van der Waals surface area contributed by atoms with Crippen molar-refractivity contribution in [2.75, 3.05) is 26.2 Å². The largest absolute Gasteiger partial charge is 0.355 e. The molecule has 0 atom stereocenters. The smallest absolute Gasteiger partial charge is 0.221 e. The molecule has 0 bridgehead atoms. The molecular formula is C10H21N3O. The van der Waals surface area contributed by atoms with Crippen LogP contribution in [0.1, 0.15) is 26.2 Å². The molecule has 1 rings (SSSR count). The summed E-state index contributed by atoms with van der Waals surface area (Å²) in [5.74, 6) is 0.0688. The van der Waals surface area contributed by atoms with Gasteiger partial charge in [-0.25, -0.2) is 0 Å². The first-order valence-electron chi connectivity index (χ1n) is 5.48. The minimum absolute atomic E-state index is 0.0688. The van der Waals surface area contributed by atoms with E-state index in [-0.39, 0.29) is 5.91 Å². The van der Waals surface area contributed by atoms with Gasteiger partial charge < -0.3 is 11.1 Å². The van der Waals surface area contributed by atoms with Crippen LogP contribution in [0.25, 0.3) is 0 Å². The molecule has 0 heterocycles. The van der Waals surface area contributed by atoms with Crippen molar-refractivity contribution in [1.82, 2.24) is 10.2 Å². The van der Waals surface area contributed by atoms with E-state index in [1.807, 2.05) is 0 Å². The first kappa shape index (κ1) is 11.5. The molecule has 1 aliphatic carbocycles. The number of likely N-dealkylation sites (N-methyl/N-ethyl adjacent to an activating group) is 1. The zero-order chi connectivity index (χ0) is 10.4. The van der Waals surface area contributed by atoms with Crippen molar-refractivity contribution in [3.63, 3.8) is 0 Å². The number of hydrogen-bond acceptors (Lipinski definition) is 3. The molecule has 14 heavy (non-hydrogen) atoms. The molecule has 0 aromatic heterocycles. The number of nitrogens with one attached hydrogen (secondary N) is 1. The molecule has 0 spiro atoms. The van der Waals surface area contributed by atoms with Gasteiger partial charge in [-0.2, -0.15) is 0 Å². The molecule has 0 aromatic rings. The van der Waals surface area contributed by atoms with Crippen molar-refractivity contribution in [1.29, 1.82) is 0 Å². The van der Waals surface area contributed by atoms with Crippen LogP contribution in [-0.4, -0.2) is 43.0 Å². The van der Waals surface area contributed by atoms with Gasteiger partial charge in [0.1, 0.15) is 0 Å². The van der Waals surface area contributed by atoms with Crippen molar-refractivity contribution >= 4 is 5.91 Å². The monoisotopic (exact) mass is 199 g/mol. The molecule has 0 aliphatic heterocycles. The highest BCUT2D eigenvalue weighted by Gasteiger charge is 2.27. The fraction of sp³-hybridized carbons (Fsp3) is 0.900. The minimum atomic E-state index is 0.0688. The van der Waals surface area contributed by atoms with E-state index in [9.17, 15) is 4.79 Å². The molecule has 3 N–H and O–H groups in total. The Balaban J connectivity index is 2.03. The van der Waals surface area contributed by atoms with Crippen molar-refractivity contribution < 1.29 is 4.79 Å². The molecule has 0 radical (unpaired) electrons. The standard InChI is InChI=1S/C10H21N3O/c1-2-13(9-3-4-9)8-7-12-10(14)5-6-11/h9H,2-8,11H2,1H3,(H,12,14). The van der Waals surface area contributed by atoms with E-state index in [0.717, 1.165) is 25.7 Å². The maximum absolute atomic E-state index is 11.1. The van der Waals surface area contributed by atoms with Crippen LogP contribution in [0, 0.1) is 0 Å². The number of carbonyl (C=O) groups excluding carboxylic acids is 1. The minimum Gasteiger partial charge on any atom is -0.355 e. The second-order valence-electron chi connectivity index (χ2n) is 3.75. The summed E-state index contributed by atoms with van der Waals surface area (Å²) >= 11 is 0. The van der Waals surface area contributed by atoms with Gasteiger partial charge in [-0.15, -0.1) is 0 Å². The maximum atomic E-state index is 11.1. The van der Waals surface area contributed by atoms with Crippen LogP contribution in [-0.2, 0) is 4.79 Å². The highest BCUT2D eigenvalue weighted by atomic mass is 16.1. The molecule has 4 nitrogen and oxygen atoms in total. The van der Waals surface area contributed by atoms with Crippen LogP contribution < -0.4 is 11.1 Å². The summed E-state index contributed by atoms with van der Waals surface area (Å²) in [6.07, 6.45) is 3.09. The number of amides is 1. The Bertz CT molecular complexity index is 180. The molecule has 1 aliphatic rings. The average molecular weight is 199 g/mol. The van der Waals surface area contributed by atoms with E-state index in [4.69, 9.17) is 5.73 Å². The van der Waals surface area contributed by atoms with Gasteiger partial charge in [0.25, 0.3) is 0 Å². The molecule has 0 saturated heterocycles. The van der Waals surface area contributed by atoms with Crippen LogP contribution in [0.5, 0.6) is 0 Å². The quantitative estimate of drug-likeness (QED) is 0.604. The number of nitrogens with two attached hydrogens (primary N) is 1. The topological polar surface area (TPSA) is 58.4 Å². The van der Waals surface area contributed by atoms with Crippen LogP contribution in [0.3, 0.4) is 0 Å². The fourth-order valence-electron chi connectivity index (χ4n) is 1.60. The van der Waals surface area contributed by atoms with Gasteiger partial charge >= 0.3 is 0 Å². The van der Waals surface area contributed by atoms with Gasteiger partial charge in [0.2, 0.25) is 5.91 Å². The van der Waals surface area contributed by atoms with Gasteiger partial charge in [0.15, 0.2) is 0 Å². The van der Waals surface area contributed by atoms with Crippen LogP contribution >= 0.6 is 0 Å². The summed E-state index contributed by atoms with van der Waals surface area (Å²) in [6, 6.07) is 0.784. The lowest BCUT2D eigenvalue weighted by Gasteiger charge is -2.19. The van der Waals surface area contributed by atoms with Gasteiger partial charge in [0, 0.05) is 32.1 Å². The molecule has 0 unspecified atom stereocenters. The number of hydrogen-bond donors (Lipinski definition) is 2. The van der Waals surface area contributed by atoms with Crippen LogP contribution in [0.4, 0.5) is 0 Å². The summed E-state index contributed by atoms with van der Waals surface area (Å²) in [5.41, 5.74) is 5.27. The van der Waals surface area contributed by atoms with Crippen molar-refractivity contribution in [3.05, 3.63) is 0 Å². The van der Waals surface area contributed by atoms with E-state index in [0.29, 0.717) is 13.0 Å². The van der Waals surface area contributed by atoms with Gasteiger partial charge in [-0.3, -0.25) is 9.69 Å². The van der Waals surface area contributed by atoms with Gasteiger partial charge in [-0.1, -0.05) is 6.92 Å². The summed E-state index contributed by atoms with van der Waals surface area (Å²) in [7, 11) is 0. The Morgan fingerprint density at radius 3 is 2.79 bits per heavy atom. The van der Waals surface area contributed by atoms with E-state index < -0.39 is 0 Å². The fourth-order valence-corrected chi connectivity index (χ4v) is 1.60. The summed E-state index contributed by atoms with van der Waals surface area (Å²) in [6.45, 7) is 5.41. The summed E-state index contributed by atoms with van der Waals surface area (Å²) in [4.78, 5) is 13.5. The van der Waals surface area contributed by atoms with E-state index in [1.165, 1.54) is 12.8 Å². The Hall–Kier alpha value is -0.610. The molecule has 1 amide bonds. The molecule has 82 valence electrons. The zero-order valence-corrected chi connectivity index (χ0v) is 8.96. The predicted octanol–water partition coefficient (Wildman–Crippen LogP) is -0.0643. The number of nitrogens with zero attached hydrogens (tertiary/aromatic N) is 1. The molecule has 0 aromatic carbocycles. The van der Waals surface area contributed by atoms with Gasteiger partial charge in [0.05, 0.1) is 0 Å². The molecular weight excluding hydrogens is 178 g/mol. The Morgan fingerprint density at radius 1 is 1.57 bits per heavy atom. The van der Waals surface area contributed by atoms with Crippen LogP contribution in [0.2, 0.25) is 0 Å². The normalized spacial score (nSPS) is 15.9. The lowest BCUT2D eigenvalue weighted by molar-refractivity contribution is -0.120. The highest BCUT2D eigenvalue weighted by Crippen LogP contribution is 2.25. The lowest BCUT2D eigenvalue weighted by atomic mass is 10.4. The van der Waals surface area contributed by atoms with Crippen molar-refractivity contribution in [2.24, 2.45) is 5.73 Å². The Kier molecular flexibility index (Phi) is 4.90. The third kappa shape index (κ3) is 4.07. The average Bonchev–Trinajstić information content (AvgIpc) is 2.96. The second kappa shape index (κ2) is 5.98. The first-order chi connectivity index (χ1) is 6.77. The predicted molar refractivity (Wildman–Crippen MR) is 57.0 cm³/mol. The maximum Gasteiger partial charge on any atom is 0.221 e.